The van der Waals surface area contributed by atoms with Crippen LogP contribution in [0.3, 0.4) is 0 Å². The van der Waals surface area contributed by atoms with Crippen molar-refractivity contribution in [2.24, 2.45) is 17.6 Å². The predicted molar refractivity (Wildman–Crippen MR) is 74.4 cm³/mol. The highest BCUT2D eigenvalue weighted by atomic mass is 19.4. The third-order valence-corrected chi connectivity index (χ3v) is 4.92. The summed E-state index contributed by atoms with van der Waals surface area (Å²) in [6.45, 7) is 5.78. The minimum atomic E-state index is -4.04. The molecule has 0 aromatic carbocycles. The van der Waals surface area contributed by atoms with Crippen molar-refractivity contribution in [3.05, 3.63) is 0 Å². The molecule has 2 aliphatic rings. The van der Waals surface area contributed by atoms with E-state index in [2.05, 4.69) is 18.7 Å². The third-order valence-electron chi connectivity index (χ3n) is 4.92. The van der Waals surface area contributed by atoms with E-state index in [1.165, 1.54) is 12.8 Å². The molecule has 0 heterocycles. The van der Waals surface area contributed by atoms with Crippen molar-refractivity contribution < 1.29 is 13.2 Å². The van der Waals surface area contributed by atoms with Gasteiger partial charge in [-0.05, 0) is 44.4 Å². The number of nitrogens with zero attached hydrogens (tertiary/aromatic N) is 1. The summed E-state index contributed by atoms with van der Waals surface area (Å²) in [5.74, 6) is -0.596. The van der Waals surface area contributed by atoms with Crippen molar-refractivity contribution in [2.75, 3.05) is 13.1 Å². The summed E-state index contributed by atoms with van der Waals surface area (Å²) >= 11 is 0. The van der Waals surface area contributed by atoms with Gasteiger partial charge in [0.2, 0.25) is 0 Å². The lowest BCUT2D eigenvalue weighted by Crippen LogP contribution is -2.58. The Labute approximate surface area is 119 Å². The Morgan fingerprint density at radius 1 is 1.15 bits per heavy atom. The molecule has 0 amide bonds. The van der Waals surface area contributed by atoms with Crippen molar-refractivity contribution in [2.45, 2.75) is 70.1 Å². The van der Waals surface area contributed by atoms with Gasteiger partial charge in [0.05, 0.1) is 5.92 Å². The molecule has 0 unspecified atom stereocenters. The summed E-state index contributed by atoms with van der Waals surface area (Å²) in [6.07, 6.45) is -0.0185. The van der Waals surface area contributed by atoms with E-state index in [1.54, 1.807) is 0 Å². The molecule has 2 rings (SSSR count). The van der Waals surface area contributed by atoms with Crippen LogP contribution in [0.5, 0.6) is 0 Å². The zero-order chi connectivity index (χ0) is 15.0. The van der Waals surface area contributed by atoms with Crippen LogP contribution in [0.2, 0.25) is 0 Å². The molecule has 0 aromatic heterocycles. The SMILES string of the molecule is CC(C)CN(C1CC1)C1(CN)CCC(C(F)(F)F)CC1. The third kappa shape index (κ3) is 3.48. The van der Waals surface area contributed by atoms with Gasteiger partial charge in [-0.15, -0.1) is 0 Å². The molecule has 20 heavy (non-hydrogen) atoms. The quantitative estimate of drug-likeness (QED) is 0.839. The number of rotatable bonds is 5. The molecule has 0 aromatic rings. The van der Waals surface area contributed by atoms with Crippen molar-refractivity contribution in [3.8, 4) is 0 Å². The molecule has 5 heteroatoms. The van der Waals surface area contributed by atoms with Gasteiger partial charge in [0.15, 0.2) is 0 Å². The largest absolute Gasteiger partial charge is 0.391 e. The molecule has 2 nitrogen and oxygen atoms in total. The van der Waals surface area contributed by atoms with Crippen LogP contribution < -0.4 is 5.73 Å². The van der Waals surface area contributed by atoms with Crippen LogP contribution in [0, 0.1) is 11.8 Å². The first kappa shape index (κ1) is 16.1. The lowest BCUT2D eigenvalue weighted by molar-refractivity contribution is -0.188. The van der Waals surface area contributed by atoms with Crippen molar-refractivity contribution >= 4 is 0 Å². The average molecular weight is 292 g/mol. The van der Waals surface area contributed by atoms with Gasteiger partial charge in [0.25, 0.3) is 0 Å². The first-order valence-electron chi connectivity index (χ1n) is 7.82. The Morgan fingerprint density at radius 2 is 1.70 bits per heavy atom. The zero-order valence-corrected chi connectivity index (χ0v) is 12.5. The van der Waals surface area contributed by atoms with Crippen LogP contribution in [-0.2, 0) is 0 Å². The lowest BCUT2D eigenvalue weighted by Gasteiger charge is -2.49. The molecule has 0 atom stereocenters. The molecular formula is C15H27F3N2. The molecule has 0 saturated heterocycles. The summed E-state index contributed by atoms with van der Waals surface area (Å²) in [4.78, 5) is 2.45. The Morgan fingerprint density at radius 3 is 2.05 bits per heavy atom. The van der Waals surface area contributed by atoms with E-state index in [9.17, 15) is 13.2 Å². The number of nitrogens with two attached hydrogens (primary N) is 1. The highest BCUT2D eigenvalue weighted by Gasteiger charge is 2.50. The van der Waals surface area contributed by atoms with Gasteiger partial charge in [-0.2, -0.15) is 13.2 Å². The van der Waals surface area contributed by atoms with Gasteiger partial charge in [-0.1, -0.05) is 13.8 Å². The fourth-order valence-corrected chi connectivity index (χ4v) is 3.60. The van der Waals surface area contributed by atoms with Crippen LogP contribution >= 0.6 is 0 Å². The molecule has 2 saturated carbocycles. The highest BCUT2D eigenvalue weighted by Crippen LogP contribution is 2.46. The standard InChI is InChI=1S/C15H27F3N2/c1-11(2)9-20(13-3-4-13)14(10-19)7-5-12(6-8-14)15(16,17)18/h11-13H,3-10,19H2,1-2H3. The lowest BCUT2D eigenvalue weighted by atomic mass is 9.74. The van der Waals surface area contributed by atoms with Crippen LogP contribution in [0.4, 0.5) is 13.2 Å². The molecule has 0 spiro atoms. The molecule has 0 aliphatic heterocycles. The summed E-state index contributed by atoms with van der Waals surface area (Å²) < 4.78 is 38.5. The summed E-state index contributed by atoms with van der Waals surface area (Å²) in [5.41, 5.74) is 5.82. The zero-order valence-electron chi connectivity index (χ0n) is 12.5. The fraction of sp³-hybridized carbons (Fsp3) is 1.00. The van der Waals surface area contributed by atoms with E-state index in [0.29, 0.717) is 31.3 Å². The second-order valence-electron chi connectivity index (χ2n) is 7.02. The van der Waals surface area contributed by atoms with Gasteiger partial charge in [-0.3, -0.25) is 4.90 Å². The minimum absolute atomic E-state index is 0.187. The molecule has 2 aliphatic carbocycles. The average Bonchev–Trinajstić information content (AvgIpc) is 3.19. The van der Waals surface area contributed by atoms with E-state index < -0.39 is 12.1 Å². The van der Waals surface area contributed by atoms with Gasteiger partial charge in [0.1, 0.15) is 0 Å². The van der Waals surface area contributed by atoms with Crippen LogP contribution in [0.25, 0.3) is 0 Å². The van der Waals surface area contributed by atoms with E-state index in [1.807, 2.05) is 0 Å². The maximum absolute atomic E-state index is 12.8. The summed E-state index contributed by atoms with van der Waals surface area (Å²) in [7, 11) is 0. The number of halogens is 3. The van der Waals surface area contributed by atoms with Crippen LogP contribution in [-0.4, -0.2) is 35.7 Å². The number of hydrogen-bond acceptors (Lipinski definition) is 2. The van der Waals surface area contributed by atoms with Crippen molar-refractivity contribution in [1.82, 2.24) is 4.90 Å². The number of hydrogen-bond donors (Lipinski definition) is 1. The van der Waals surface area contributed by atoms with Gasteiger partial charge in [0, 0.05) is 24.7 Å². The first-order chi connectivity index (χ1) is 9.28. The van der Waals surface area contributed by atoms with E-state index >= 15 is 0 Å². The van der Waals surface area contributed by atoms with E-state index in [4.69, 9.17) is 5.73 Å². The molecule has 2 N–H and O–H groups in total. The highest BCUT2D eigenvalue weighted by molar-refractivity contribution is 5.02. The summed E-state index contributed by atoms with van der Waals surface area (Å²) in [6, 6.07) is 0.559. The Hall–Kier alpha value is -0.290. The Bertz CT molecular complexity index is 316. The molecule has 0 radical (unpaired) electrons. The maximum Gasteiger partial charge on any atom is 0.391 e. The topological polar surface area (TPSA) is 29.3 Å². The fourth-order valence-electron chi connectivity index (χ4n) is 3.60. The molecule has 118 valence electrons. The van der Waals surface area contributed by atoms with E-state index in [0.717, 1.165) is 6.54 Å². The van der Waals surface area contributed by atoms with E-state index in [-0.39, 0.29) is 18.4 Å². The minimum Gasteiger partial charge on any atom is -0.329 e. The molecular weight excluding hydrogens is 265 g/mol. The van der Waals surface area contributed by atoms with Gasteiger partial charge < -0.3 is 5.73 Å². The van der Waals surface area contributed by atoms with Crippen LogP contribution in [0.15, 0.2) is 0 Å². The first-order valence-corrected chi connectivity index (χ1v) is 7.82. The Kier molecular flexibility index (Phi) is 4.69. The smallest absolute Gasteiger partial charge is 0.329 e. The second kappa shape index (κ2) is 5.84. The summed E-state index contributed by atoms with van der Waals surface area (Å²) in [5, 5.41) is 0. The van der Waals surface area contributed by atoms with Gasteiger partial charge >= 0.3 is 6.18 Å². The van der Waals surface area contributed by atoms with Crippen LogP contribution in [0.1, 0.15) is 52.4 Å². The van der Waals surface area contributed by atoms with Gasteiger partial charge in [-0.25, -0.2) is 0 Å². The molecule has 2 fully saturated rings. The van der Waals surface area contributed by atoms with Crippen molar-refractivity contribution in [1.29, 1.82) is 0 Å². The molecule has 0 bridgehead atoms. The monoisotopic (exact) mass is 292 g/mol. The predicted octanol–water partition coefficient (Wildman–Crippen LogP) is 3.56. The Balaban J connectivity index is 2.06. The maximum atomic E-state index is 12.8. The van der Waals surface area contributed by atoms with Crippen molar-refractivity contribution in [3.63, 3.8) is 0 Å². The number of alkyl halides is 3. The second-order valence-corrected chi connectivity index (χ2v) is 7.02. The normalized spacial score (nSPS) is 32.1.